The number of halogens is 3. The van der Waals surface area contributed by atoms with Crippen LogP contribution in [0.15, 0.2) is 53.3 Å². The predicted molar refractivity (Wildman–Crippen MR) is 142 cm³/mol. The van der Waals surface area contributed by atoms with E-state index in [1.807, 2.05) is 18.2 Å². The fourth-order valence-corrected chi connectivity index (χ4v) is 4.62. The van der Waals surface area contributed by atoms with Crippen molar-refractivity contribution in [2.45, 2.75) is 13.8 Å². The van der Waals surface area contributed by atoms with Gasteiger partial charge in [0.15, 0.2) is 5.78 Å². The maximum absolute atomic E-state index is 13.2. The van der Waals surface area contributed by atoms with Gasteiger partial charge in [-0.15, -0.1) is 0 Å². The van der Waals surface area contributed by atoms with Gasteiger partial charge < -0.3 is 4.90 Å². The van der Waals surface area contributed by atoms with Crippen LogP contribution in [0.3, 0.4) is 0 Å². The van der Waals surface area contributed by atoms with Gasteiger partial charge in [-0.05, 0) is 48.9 Å². The highest BCUT2D eigenvalue weighted by atomic mass is 35.5. The standard InChI is InChI=1S/C26H20Cl3N3O3/c1-13(33)22-24(31(3)14(2)34)20-12-19(15-5-7-16(27)8-6-15)23(30-25(20)32(4)26(22)35)18-10-9-17(28)11-21(18)29/h5-12H,1-4H3. The highest BCUT2D eigenvalue weighted by Crippen LogP contribution is 2.40. The summed E-state index contributed by atoms with van der Waals surface area (Å²) < 4.78 is 1.31. The van der Waals surface area contributed by atoms with Crippen LogP contribution >= 0.6 is 34.8 Å². The summed E-state index contributed by atoms with van der Waals surface area (Å²) in [6, 6.07) is 14.0. The number of anilines is 1. The molecule has 4 rings (SSSR count). The zero-order chi connectivity index (χ0) is 25.6. The number of Topliss-reactive ketones (excluding diaryl/α,β-unsaturated/α-hetero) is 1. The summed E-state index contributed by atoms with van der Waals surface area (Å²) in [5.41, 5.74) is 2.42. The van der Waals surface area contributed by atoms with Crippen LogP contribution in [0, 0.1) is 0 Å². The number of ketones is 1. The first-order chi connectivity index (χ1) is 16.5. The highest BCUT2D eigenvalue weighted by Gasteiger charge is 2.26. The molecular formula is C26H20Cl3N3O3. The van der Waals surface area contributed by atoms with E-state index in [0.717, 1.165) is 5.56 Å². The molecule has 0 radical (unpaired) electrons. The molecule has 0 atom stereocenters. The number of benzene rings is 2. The third kappa shape index (κ3) is 4.45. The molecule has 0 bridgehead atoms. The Bertz CT molecular complexity index is 1580. The van der Waals surface area contributed by atoms with Crippen molar-refractivity contribution in [1.82, 2.24) is 9.55 Å². The van der Waals surface area contributed by atoms with Crippen LogP contribution in [0.4, 0.5) is 5.69 Å². The topological polar surface area (TPSA) is 72.3 Å². The van der Waals surface area contributed by atoms with E-state index in [4.69, 9.17) is 39.8 Å². The van der Waals surface area contributed by atoms with E-state index < -0.39 is 11.3 Å². The molecule has 2 aromatic heterocycles. The number of hydrogen-bond donors (Lipinski definition) is 0. The van der Waals surface area contributed by atoms with Crippen LogP contribution < -0.4 is 10.5 Å². The molecule has 0 fully saturated rings. The number of carbonyl (C=O) groups is 2. The van der Waals surface area contributed by atoms with Gasteiger partial charge in [0.1, 0.15) is 11.2 Å². The summed E-state index contributed by atoms with van der Waals surface area (Å²) in [6.07, 6.45) is 0. The van der Waals surface area contributed by atoms with Crippen molar-refractivity contribution in [3.05, 3.63) is 79.5 Å². The smallest absolute Gasteiger partial charge is 0.264 e. The molecule has 0 spiro atoms. The summed E-state index contributed by atoms with van der Waals surface area (Å²) in [5.74, 6) is -0.784. The number of fused-ring (bicyclic) bond motifs is 1. The molecule has 6 nitrogen and oxygen atoms in total. The maximum Gasteiger partial charge on any atom is 0.264 e. The first-order valence-corrected chi connectivity index (χ1v) is 11.7. The normalized spacial score (nSPS) is 11.1. The zero-order valence-electron chi connectivity index (χ0n) is 19.3. The number of rotatable bonds is 4. The van der Waals surface area contributed by atoms with Crippen molar-refractivity contribution in [3.63, 3.8) is 0 Å². The van der Waals surface area contributed by atoms with Gasteiger partial charge in [0.25, 0.3) is 5.56 Å². The SMILES string of the molecule is CC(=O)c1c(N(C)C(C)=O)c2cc(-c3ccc(Cl)cc3)c(-c3ccc(Cl)cc3Cl)nc2n(C)c1=O. The van der Waals surface area contributed by atoms with Gasteiger partial charge in [0.2, 0.25) is 5.91 Å². The van der Waals surface area contributed by atoms with Crippen LogP contribution in [0.2, 0.25) is 15.1 Å². The molecule has 0 unspecified atom stereocenters. The first kappa shape index (κ1) is 24.9. The highest BCUT2D eigenvalue weighted by molar-refractivity contribution is 6.36. The van der Waals surface area contributed by atoms with Gasteiger partial charge in [-0.25, -0.2) is 4.98 Å². The molecule has 178 valence electrons. The van der Waals surface area contributed by atoms with E-state index in [1.54, 1.807) is 30.3 Å². The molecule has 2 heterocycles. The van der Waals surface area contributed by atoms with Gasteiger partial charge in [0, 0.05) is 47.6 Å². The van der Waals surface area contributed by atoms with Crippen molar-refractivity contribution in [2.24, 2.45) is 7.05 Å². The first-order valence-electron chi connectivity index (χ1n) is 10.6. The number of aromatic nitrogens is 2. The van der Waals surface area contributed by atoms with E-state index in [-0.39, 0.29) is 17.2 Å². The summed E-state index contributed by atoms with van der Waals surface area (Å²) >= 11 is 18.8. The Labute approximate surface area is 216 Å². The monoisotopic (exact) mass is 527 g/mol. The van der Waals surface area contributed by atoms with Crippen LogP contribution in [0.1, 0.15) is 24.2 Å². The van der Waals surface area contributed by atoms with Crippen LogP contribution in [-0.4, -0.2) is 28.3 Å². The molecule has 2 aromatic carbocycles. The molecule has 4 aromatic rings. The molecule has 0 saturated heterocycles. The molecule has 0 N–H and O–H groups in total. The maximum atomic E-state index is 13.2. The Balaban J connectivity index is 2.23. The molecule has 0 aliphatic rings. The van der Waals surface area contributed by atoms with Gasteiger partial charge in [-0.3, -0.25) is 19.0 Å². The Morgan fingerprint density at radius 3 is 2.11 bits per heavy atom. The second-order valence-electron chi connectivity index (χ2n) is 8.11. The molecule has 1 amide bonds. The summed E-state index contributed by atoms with van der Waals surface area (Å²) in [7, 11) is 3.06. The number of carbonyl (C=O) groups excluding carboxylic acids is 2. The molecule has 0 aliphatic carbocycles. The Kier molecular flexibility index (Phi) is 6.73. The van der Waals surface area contributed by atoms with Gasteiger partial charge in [0.05, 0.1) is 16.4 Å². The van der Waals surface area contributed by atoms with Crippen molar-refractivity contribution < 1.29 is 9.59 Å². The van der Waals surface area contributed by atoms with Gasteiger partial charge >= 0.3 is 0 Å². The predicted octanol–water partition coefficient (Wildman–Crippen LogP) is 6.41. The van der Waals surface area contributed by atoms with E-state index in [2.05, 4.69) is 0 Å². The Hall–Kier alpha value is -3.19. The largest absolute Gasteiger partial charge is 0.314 e. The van der Waals surface area contributed by atoms with Crippen molar-refractivity contribution in [2.75, 3.05) is 11.9 Å². The summed E-state index contributed by atoms with van der Waals surface area (Å²) in [6.45, 7) is 2.66. The van der Waals surface area contributed by atoms with Crippen LogP contribution in [-0.2, 0) is 11.8 Å². The molecule has 0 aliphatic heterocycles. The van der Waals surface area contributed by atoms with Crippen molar-refractivity contribution in [1.29, 1.82) is 0 Å². The van der Waals surface area contributed by atoms with Gasteiger partial charge in [-0.1, -0.05) is 46.9 Å². The third-order valence-corrected chi connectivity index (χ3v) is 6.63. The van der Waals surface area contributed by atoms with Crippen molar-refractivity contribution in [3.8, 4) is 22.4 Å². The number of nitrogens with zero attached hydrogens (tertiary/aromatic N) is 3. The number of aryl methyl sites for hydroxylation is 1. The second-order valence-corrected chi connectivity index (χ2v) is 9.39. The fraction of sp³-hybridized carbons (Fsp3) is 0.154. The van der Waals surface area contributed by atoms with E-state index in [0.29, 0.717) is 42.9 Å². The molecule has 35 heavy (non-hydrogen) atoms. The zero-order valence-corrected chi connectivity index (χ0v) is 21.6. The van der Waals surface area contributed by atoms with Crippen LogP contribution in [0.5, 0.6) is 0 Å². The minimum atomic E-state index is -0.548. The van der Waals surface area contributed by atoms with Gasteiger partial charge in [-0.2, -0.15) is 0 Å². The minimum Gasteiger partial charge on any atom is -0.314 e. The lowest BCUT2D eigenvalue weighted by Gasteiger charge is -2.23. The lowest BCUT2D eigenvalue weighted by Crippen LogP contribution is -2.32. The van der Waals surface area contributed by atoms with Crippen molar-refractivity contribution >= 4 is 63.2 Å². The Morgan fingerprint density at radius 1 is 0.914 bits per heavy atom. The second kappa shape index (κ2) is 9.46. The lowest BCUT2D eigenvalue weighted by atomic mass is 9.96. The summed E-state index contributed by atoms with van der Waals surface area (Å²) in [5, 5.41) is 1.88. The van der Waals surface area contributed by atoms with Crippen LogP contribution in [0.25, 0.3) is 33.4 Å². The summed E-state index contributed by atoms with van der Waals surface area (Å²) in [4.78, 5) is 44.3. The number of hydrogen-bond acceptors (Lipinski definition) is 4. The van der Waals surface area contributed by atoms with E-state index >= 15 is 0 Å². The van der Waals surface area contributed by atoms with E-state index in [9.17, 15) is 14.4 Å². The fourth-order valence-electron chi connectivity index (χ4n) is 3.99. The minimum absolute atomic E-state index is 0.0844. The molecule has 0 saturated carbocycles. The lowest BCUT2D eigenvalue weighted by molar-refractivity contribution is -0.116. The average molecular weight is 529 g/mol. The van der Waals surface area contributed by atoms with E-state index in [1.165, 1.54) is 37.4 Å². The number of pyridine rings is 2. The molecular weight excluding hydrogens is 509 g/mol. The third-order valence-electron chi connectivity index (χ3n) is 5.83. The average Bonchev–Trinajstić information content (AvgIpc) is 2.80. The Morgan fingerprint density at radius 2 is 1.54 bits per heavy atom. The molecule has 9 heteroatoms. The quantitative estimate of drug-likeness (QED) is 0.287. The number of amides is 1.